The number of aromatic nitrogens is 1. The molecule has 498 valence electrons. The Kier molecular flexibility index (Phi) is 21.3. The maximum atomic E-state index is 14.0. The lowest BCUT2D eigenvalue weighted by Crippen LogP contribution is -2.45. The zero-order valence-electron chi connectivity index (χ0n) is 54.4. The molecule has 9 N–H and O–H groups in total. The van der Waals surface area contributed by atoms with Crippen LogP contribution in [0.15, 0.2) is 173 Å². The first-order chi connectivity index (χ1) is 45.9. The van der Waals surface area contributed by atoms with Gasteiger partial charge < -0.3 is 37.6 Å². The Bertz CT molecular complexity index is 3770. The summed E-state index contributed by atoms with van der Waals surface area (Å²) in [5.41, 5.74) is 22.0. The Morgan fingerprint density at radius 1 is 0.653 bits per heavy atom. The molecule has 13 rings (SSSR count). The highest BCUT2D eigenvalue weighted by Crippen LogP contribution is 2.52. The van der Waals surface area contributed by atoms with Crippen molar-refractivity contribution in [2.24, 2.45) is 49.9 Å². The van der Waals surface area contributed by atoms with E-state index in [4.69, 9.17) is 43.8 Å². The molecule has 1 aromatic heterocycles. The van der Waals surface area contributed by atoms with Crippen molar-refractivity contribution in [3.8, 4) is 11.1 Å². The van der Waals surface area contributed by atoms with E-state index in [0.29, 0.717) is 53.5 Å². The van der Waals surface area contributed by atoms with Gasteiger partial charge in [0.15, 0.2) is 29.0 Å². The van der Waals surface area contributed by atoms with E-state index in [1.807, 2.05) is 121 Å². The number of carbonyl (C=O) groups excluding carboxylic acids is 5. The molecule has 1 saturated heterocycles. The number of nitrogens with two attached hydrogens (primary N) is 3. The van der Waals surface area contributed by atoms with Crippen molar-refractivity contribution in [1.29, 1.82) is 0 Å². The number of likely N-dealkylation sites (tertiary alicyclic amines) is 1. The summed E-state index contributed by atoms with van der Waals surface area (Å²) in [6.45, 7) is 2.86. The van der Waals surface area contributed by atoms with Crippen LogP contribution in [-0.4, -0.2) is 133 Å². The van der Waals surface area contributed by atoms with Crippen LogP contribution >= 0.6 is 11.6 Å². The van der Waals surface area contributed by atoms with Gasteiger partial charge in [0.2, 0.25) is 0 Å². The molecule has 20 heteroatoms. The molecule has 3 saturated carbocycles. The Hall–Kier alpha value is -8.78. The minimum Gasteiger partial charge on any atom is -0.394 e. The van der Waals surface area contributed by atoms with Crippen LogP contribution in [0.25, 0.3) is 11.1 Å². The number of hydrogen-bond donors (Lipinski definition) is 6. The zero-order chi connectivity index (χ0) is 66.9. The minimum atomic E-state index is -1.26. The van der Waals surface area contributed by atoms with Gasteiger partial charge >= 0.3 is 0 Å². The number of pyridine rings is 1. The number of amides is 5. The molecule has 7 aliphatic rings. The maximum absolute atomic E-state index is 14.0. The lowest BCUT2D eigenvalue weighted by molar-refractivity contribution is -0.133. The van der Waals surface area contributed by atoms with Crippen LogP contribution in [0.2, 0.25) is 5.02 Å². The Morgan fingerprint density at radius 3 is 1.96 bits per heavy atom. The van der Waals surface area contributed by atoms with Crippen LogP contribution in [0.4, 0.5) is 0 Å². The van der Waals surface area contributed by atoms with Crippen molar-refractivity contribution in [3.05, 3.63) is 196 Å². The van der Waals surface area contributed by atoms with Gasteiger partial charge in [-0.25, -0.2) is 15.0 Å². The van der Waals surface area contributed by atoms with Crippen molar-refractivity contribution in [2.75, 3.05) is 26.7 Å². The second kappa shape index (κ2) is 29.9. The van der Waals surface area contributed by atoms with E-state index in [0.717, 1.165) is 104 Å². The molecule has 6 atom stereocenters. The third-order valence-corrected chi connectivity index (χ3v) is 20.4. The SMILES string of the molecule is CC(O)CCN1C(=O)C(c2cccc(-c3cccc(Cl)c3)c2)(C2CC2)N=C1N.CN1C(=O)[C@@](CCC2CCCCC2)(C[C@H]2CCC[C@@H](NC(=O)c3ccncc3)C2)N=C1N.NC1=NC(c2ccccc2)(c2ccccc2)C(=O)N1Cc1cccc(C(=O)N2CCC[C@H]2CO)c1. The number of nitrogens with one attached hydrogen (secondary N) is 1. The summed E-state index contributed by atoms with van der Waals surface area (Å²) >= 11 is 6.15. The molecular weight excluding hydrogens is 1220 g/mol. The van der Waals surface area contributed by atoms with Crippen LogP contribution in [0.5, 0.6) is 0 Å². The fraction of sp³-hybridized carbons (Fsp3) is 0.427. The van der Waals surface area contributed by atoms with Gasteiger partial charge in [0.05, 0.1) is 25.3 Å². The highest BCUT2D eigenvalue weighted by molar-refractivity contribution is 6.30. The number of guanidine groups is 3. The normalized spacial score (nSPS) is 23.7. The molecular formula is C75H89ClN12O7. The minimum absolute atomic E-state index is 0.0399. The topological polar surface area (TPSA) is 279 Å². The summed E-state index contributed by atoms with van der Waals surface area (Å²) in [5.74, 6) is 1.50. The van der Waals surface area contributed by atoms with Crippen LogP contribution in [-0.2, 0) is 32.0 Å². The number of rotatable bonds is 19. The molecule has 5 aromatic carbocycles. The van der Waals surface area contributed by atoms with Gasteiger partial charge in [-0.15, -0.1) is 0 Å². The molecule has 3 aliphatic carbocycles. The van der Waals surface area contributed by atoms with Gasteiger partial charge in [-0.3, -0.25) is 43.7 Å². The van der Waals surface area contributed by atoms with E-state index in [1.165, 1.54) is 46.8 Å². The molecule has 0 bridgehead atoms. The van der Waals surface area contributed by atoms with E-state index in [9.17, 15) is 34.2 Å². The summed E-state index contributed by atoms with van der Waals surface area (Å²) in [6, 6.07) is 45.2. The number of benzene rings is 5. The first-order valence-corrected chi connectivity index (χ1v) is 34.2. The fourth-order valence-corrected chi connectivity index (χ4v) is 15.1. The average molecular weight is 1310 g/mol. The van der Waals surface area contributed by atoms with Gasteiger partial charge in [-0.1, -0.05) is 160 Å². The van der Waals surface area contributed by atoms with Crippen molar-refractivity contribution >= 4 is 59.0 Å². The average Bonchev–Trinajstić information content (AvgIpc) is 1.59. The Balaban J connectivity index is 0.000000146. The Labute approximate surface area is 561 Å². The summed E-state index contributed by atoms with van der Waals surface area (Å²) in [7, 11) is 1.74. The number of halogens is 1. The lowest BCUT2D eigenvalue weighted by atomic mass is 9.74. The standard InChI is InChI=1S/C28H28N4O3.C25H37N5O2.C22H24ClN3O2/c29-27-30-28(22-11-3-1-4-12-22,23-13-5-2-6-14-23)26(35)32(27)18-20-9-7-10-21(17-20)25(34)31-16-8-15-24(31)19-33;1-30-23(32)25(29-24(30)26,13-10-18-6-3-2-4-7-18)17-19-8-5-9-21(16-19)28-22(31)20-11-14-27-15-12-20;1-14(27)10-11-26-20(28)22(17-8-9-17,25-21(26)24)18-6-2-4-15(12-18)16-5-3-7-19(23)13-16/h1-7,9-14,17,24,33H,8,15-16,18-19H2,(H2,29,30);11-12,14-15,18-19,21H,2-10,13,16-17H2,1H3,(H2,26,29)(H,28,31);2-7,12-14,17,27H,8-11H2,1H3,(H2,24,25)/t24-;19-,21+,25+;/m00./s1. The van der Waals surface area contributed by atoms with Gasteiger partial charge in [-0.05, 0) is 165 Å². The number of aliphatic hydroxyl groups is 2. The number of carbonyl (C=O) groups is 5. The molecule has 19 nitrogen and oxygen atoms in total. The van der Waals surface area contributed by atoms with Crippen LogP contribution in [0, 0.1) is 17.8 Å². The predicted molar refractivity (Wildman–Crippen MR) is 369 cm³/mol. The van der Waals surface area contributed by atoms with Crippen LogP contribution < -0.4 is 22.5 Å². The van der Waals surface area contributed by atoms with E-state index in [-0.39, 0.29) is 72.6 Å². The van der Waals surface area contributed by atoms with E-state index < -0.39 is 22.7 Å². The third-order valence-electron chi connectivity index (χ3n) is 20.2. The zero-order valence-corrected chi connectivity index (χ0v) is 55.2. The summed E-state index contributed by atoms with van der Waals surface area (Å²) in [5, 5.41) is 23.1. The highest BCUT2D eigenvalue weighted by atomic mass is 35.5. The summed E-state index contributed by atoms with van der Waals surface area (Å²) in [6.07, 6.45) is 19.9. The van der Waals surface area contributed by atoms with Crippen molar-refractivity contribution in [3.63, 3.8) is 0 Å². The molecule has 5 heterocycles. The van der Waals surface area contributed by atoms with E-state index in [1.54, 1.807) is 55.5 Å². The van der Waals surface area contributed by atoms with E-state index >= 15 is 0 Å². The molecule has 2 unspecified atom stereocenters. The van der Waals surface area contributed by atoms with Gasteiger partial charge in [0.25, 0.3) is 29.5 Å². The molecule has 0 radical (unpaired) electrons. The first-order valence-electron chi connectivity index (χ1n) is 33.8. The van der Waals surface area contributed by atoms with Crippen molar-refractivity contribution < 1.29 is 34.2 Å². The largest absolute Gasteiger partial charge is 0.394 e. The summed E-state index contributed by atoms with van der Waals surface area (Å²) < 4.78 is 0. The molecule has 0 spiro atoms. The number of hydrogen-bond acceptors (Lipinski definition) is 14. The number of likely N-dealkylation sites (N-methyl/N-ethyl adjacent to an activating group) is 1. The monoisotopic (exact) mass is 1300 g/mol. The molecule has 95 heavy (non-hydrogen) atoms. The summed E-state index contributed by atoms with van der Waals surface area (Å²) in [4.78, 5) is 90.9. The second-order valence-corrected chi connectivity index (χ2v) is 27.2. The maximum Gasteiger partial charge on any atom is 0.266 e. The van der Waals surface area contributed by atoms with Gasteiger partial charge in [0.1, 0.15) is 5.54 Å². The van der Waals surface area contributed by atoms with Gasteiger partial charge in [-0.2, -0.15) is 0 Å². The smallest absolute Gasteiger partial charge is 0.266 e. The first kappa shape index (κ1) is 67.6. The fourth-order valence-electron chi connectivity index (χ4n) is 14.9. The number of nitrogens with zero attached hydrogens (tertiary/aromatic N) is 8. The van der Waals surface area contributed by atoms with Gasteiger partial charge in [0, 0.05) is 54.7 Å². The third kappa shape index (κ3) is 14.9. The quantitative estimate of drug-likeness (QED) is 0.0444. The molecule has 5 amide bonds. The van der Waals surface area contributed by atoms with Crippen molar-refractivity contribution in [2.45, 2.75) is 157 Å². The molecule has 4 fully saturated rings. The van der Waals surface area contributed by atoms with Crippen LogP contribution in [0.3, 0.4) is 0 Å². The van der Waals surface area contributed by atoms with Crippen LogP contribution in [0.1, 0.15) is 159 Å². The number of aliphatic imine (C=N–C) groups is 3. The Morgan fingerprint density at radius 2 is 1.31 bits per heavy atom. The van der Waals surface area contributed by atoms with Crippen molar-refractivity contribution in [1.82, 2.24) is 29.9 Å². The molecule has 4 aliphatic heterocycles. The molecule has 6 aromatic rings. The lowest BCUT2D eigenvalue weighted by Gasteiger charge is -2.35. The second-order valence-electron chi connectivity index (χ2n) is 26.7. The predicted octanol–water partition coefficient (Wildman–Crippen LogP) is 10.1. The highest BCUT2D eigenvalue weighted by Gasteiger charge is 2.58. The van der Waals surface area contributed by atoms with E-state index in [2.05, 4.69) is 10.3 Å². The number of aliphatic hydroxyl groups excluding tert-OH is 2.